The van der Waals surface area contributed by atoms with Gasteiger partial charge in [-0.1, -0.05) is 0 Å². The second-order valence-electron chi connectivity index (χ2n) is 7.45. The third-order valence-electron chi connectivity index (χ3n) is 5.26. The molecule has 1 atom stereocenters. The molecule has 8 nitrogen and oxygen atoms in total. The quantitative estimate of drug-likeness (QED) is 0.505. The first-order chi connectivity index (χ1) is 14.6. The van der Waals surface area contributed by atoms with Crippen LogP contribution in [-0.4, -0.2) is 67.7 Å². The third-order valence-corrected chi connectivity index (χ3v) is 5.67. The van der Waals surface area contributed by atoms with E-state index in [1.807, 2.05) is 23.1 Å². The zero-order chi connectivity index (χ0) is 20.9. The topological polar surface area (TPSA) is 85.1 Å². The Hall–Kier alpha value is -2.36. The van der Waals surface area contributed by atoms with Crippen molar-refractivity contribution in [2.45, 2.75) is 25.5 Å². The van der Waals surface area contributed by atoms with Gasteiger partial charge >= 0.3 is 0 Å². The van der Waals surface area contributed by atoms with Crippen LogP contribution in [0, 0.1) is 0 Å². The summed E-state index contributed by atoms with van der Waals surface area (Å²) in [5, 5.41) is 4.68. The second kappa shape index (κ2) is 9.63. The zero-order valence-corrected chi connectivity index (χ0v) is 17.9. The fourth-order valence-corrected chi connectivity index (χ4v) is 3.98. The highest BCUT2D eigenvalue weighted by Crippen LogP contribution is 2.33. The number of aromatic nitrogens is 1. The number of hydrogen-bond donors (Lipinski definition) is 2. The van der Waals surface area contributed by atoms with Gasteiger partial charge in [0, 0.05) is 43.8 Å². The molecule has 1 aromatic carbocycles. The number of benzene rings is 1. The predicted molar refractivity (Wildman–Crippen MR) is 117 cm³/mol. The van der Waals surface area contributed by atoms with Crippen LogP contribution in [0.4, 0.5) is 0 Å². The molecular formula is C21H27N3O5S. The summed E-state index contributed by atoms with van der Waals surface area (Å²) in [6, 6.07) is 5.62. The van der Waals surface area contributed by atoms with Crippen molar-refractivity contribution in [2.75, 3.05) is 46.6 Å². The Balaban J connectivity index is 1.57. The van der Waals surface area contributed by atoms with E-state index in [4.69, 9.17) is 31.2 Å². The van der Waals surface area contributed by atoms with Crippen LogP contribution in [0.25, 0.3) is 10.9 Å². The number of methoxy groups -OCH3 is 1. The zero-order valence-electron chi connectivity index (χ0n) is 17.1. The lowest BCUT2D eigenvalue weighted by atomic mass is 10.1. The Morgan fingerprint density at radius 3 is 2.80 bits per heavy atom. The second-order valence-corrected chi connectivity index (χ2v) is 7.83. The molecule has 1 aromatic heterocycles. The van der Waals surface area contributed by atoms with Crippen LogP contribution in [0.15, 0.2) is 23.0 Å². The first kappa shape index (κ1) is 20.9. The fourth-order valence-electron chi connectivity index (χ4n) is 3.74. The average molecular weight is 434 g/mol. The summed E-state index contributed by atoms with van der Waals surface area (Å²) < 4.78 is 22.2. The van der Waals surface area contributed by atoms with Crippen LogP contribution in [-0.2, 0) is 16.0 Å². The van der Waals surface area contributed by atoms with Crippen molar-refractivity contribution < 1.29 is 18.9 Å². The summed E-state index contributed by atoms with van der Waals surface area (Å²) in [6.07, 6.45) is 2.16. The lowest BCUT2D eigenvalue weighted by Crippen LogP contribution is -2.44. The summed E-state index contributed by atoms with van der Waals surface area (Å²) in [6.45, 7) is 3.98. The molecule has 0 bridgehead atoms. The normalized spacial score (nSPS) is 17.8. The molecule has 30 heavy (non-hydrogen) atoms. The molecule has 1 saturated heterocycles. The van der Waals surface area contributed by atoms with E-state index in [1.165, 1.54) is 0 Å². The van der Waals surface area contributed by atoms with Crippen molar-refractivity contribution in [3.05, 3.63) is 34.1 Å². The largest absolute Gasteiger partial charge is 0.486 e. The monoisotopic (exact) mass is 433 g/mol. The maximum atomic E-state index is 12.8. The van der Waals surface area contributed by atoms with Gasteiger partial charge in [-0.2, -0.15) is 0 Å². The molecule has 2 N–H and O–H groups in total. The van der Waals surface area contributed by atoms with Crippen molar-refractivity contribution in [3.63, 3.8) is 0 Å². The van der Waals surface area contributed by atoms with Gasteiger partial charge < -0.3 is 34.1 Å². The van der Waals surface area contributed by atoms with Crippen molar-refractivity contribution >= 4 is 28.2 Å². The summed E-state index contributed by atoms with van der Waals surface area (Å²) >= 11 is 5.60. The summed E-state index contributed by atoms with van der Waals surface area (Å²) in [7, 11) is 1.65. The average Bonchev–Trinajstić information content (AvgIpc) is 3.25. The van der Waals surface area contributed by atoms with E-state index in [0.29, 0.717) is 61.6 Å². The van der Waals surface area contributed by atoms with Crippen molar-refractivity contribution in [1.82, 2.24) is 15.2 Å². The van der Waals surface area contributed by atoms with Gasteiger partial charge in [-0.3, -0.25) is 4.79 Å². The maximum absolute atomic E-state index is 12.8. The summed E-state index contributed by atoms with van der Waals surface area (Å²) in [5.41, 5.74) is 1.21. The van der Waals surface area contributed by atoms with Crippen LogP contribution in [0.2, 0.25) is 0 Å². The number of aromatic amines is 1. The molecule has 0 aliphatic carbocycles. The van der Waals surface area contributed by atoms with E-state index in [-0.39, 0.29) is 11.7 Å². The van der Waals surface area contributed by atoms with Gasteiger partial charge in [-0.15, -0.1) is 0 Å². The number of hydrogen-bond acceptors (Lipinski definition) is 6. The van der Waals surface area contributed by atoms with Gasteiger partial charge in [0.05, 0.1) is 24.8 Å². The number of fused-ring (bicyclic) bond motifs is 2. The molecule has 0 amide bonds. The Morgan fingerprint density at radius 2 is 2.07 bits per heavy atom. The van der Waals surface area contributed by atoms with Crippen molar-refractivity contribution in [1.29, 1.82) is 0 Å². The SMILES string of the molecule is COCCNC(=S)N(Cc1cc2cc3c(cc2[nH]c1=O)OCCO3)CC1CCCO1. The van der Waals surface area contributed by atoms with Crippen LogP contribution in [0.3, 0.4) is 0 Å². The standard InChI is InChI=1S/C21H27N3O5S/c1-26-6-4-22-21(30)24(13-16-3-2-5-27-16)12-15-9-14-10-18-19(29-8-7-28-18)11-17(14)23-20(15)25/h9-11,16H,2-8,12-13H2,1H3,(H,22,30)(H,23,25). The number of H-pyrrole nitrogens is 1. The Bertz CT molecular complexity index is 958. The molecule has 0 spiro atoms. The number of pyridine rings is 1. The Morgan fingerprint density at radius 1 is 1.27 bits per heavy atom. The number of thiocarbonyl (C=S) groups is 1. The van der Waals surface area contributed by atoms with Crippen molar-refractivity contribution in [3.8, 4) is 11.5 Å². The third kappa shape index (κ3) is 4.85. The van der Waals surface area contributed by atoms with Gasteiger partial charge in [0.25, 0.3) is 5.56 Å². The lowest BCUT2D eigenvalue weighted by Gasteiger charge is -2.28. The highest BCUT2D eigenvalue weighted by atomic mass is 32.1. The number of nitrogens with zero attached hydrogens (tertiary/aromatic N) is 1. The van der Waals surface area contributed by atoms with Crippen LogP contribution >= 0.6 is 12.2 Å². The number of rotatable bonds is 7. The minimum atomic E-state index is -0.142. The van der Waals surface area contributed by atoms with E-state index in [1.54, 1.807) is 7.11 Å². The predicted octanol–water partition coefficient (Wildman–Crippen LogP) is 1.80. The smallest absolute Gasteiger partial charge is 0.253 e. The molecule has 3 heterocycles. The molecule has 0 saturated carbocycles. The molecule has 2 aliphatic heterocycles. The van der Waals surface area contributed by atoms with Gasteiger partial charge in [-0.05, 0) is 37.2 Å². The Labute approximate surface area is 180 Å². The lowest BCUT2D eigenvalue weighted by molar-refractivity contribution is 0.0895. The molecule has 1 fully saturated rings. The fraction of sp³-hybridized carbons (Fsp3) is 0.524. The molecule has 0 radical (unpaired) electrons. The number of nitrogens with one attached hydrogen (secondary N) is 2. The maximum Gasteiger partial charge on any atom is 0.253 e. The molecule has 2 aromatic rings. The van der Waals surface area contributed by atoms with E-state index in [9.17, 15) is 4.79 Å². The van der Waals surface area contributed by atoms with E-state index >= 15 is 0 Å². The number of ether oxygens (including phenoxy) is 4. The minimum absolute atomic E-state index is 0.115. The van der Waals surface area contributed by atoms with Crippen LogP contribution in [0.1, 0.15) is 18.4 Å². The van der Waals surface area contributed by atoms with Crippen LogP contribution in [0.5, 0.6) is 11.5 Å². The summed E-state index contributed by atoms with van der Waals surface area (Å²) in [5.74, 6) is 1.35. The molecular weight excluding hydrogens is 406 g/mol. The first-order valence-corrected chi connectivity index (χ1v) is 10.6. The molecule has 2 aliphatic rings. The van der Waals surface area contributed by atoms with Gasteiger partial charge in [-0.25, -0.2) is 0 Å². The van der Waals surface area contributed by atoms with Crippen molar-refractivity contribution in [2.24, 2.45) is 0 Å². The summed E-state index contributed by atoms with van der Waals surface area (Å²) in [4.78, 5) is 17.7. The molecule has 162 valence electrons. The van der Waals surface area contributed by atoms with Gasteiger partial charge in [0.15, 0.2) is 16.6 Å². The van der Waals surface area contributed by atoms with Gasteiger partial charge in [0.2, 0.25) is 0 Å². The van der Waals surface area contributed by atoms with E-state index in [2.05, 4.69) is 10.3 Å². The molecule has 4 rings (SSSR count). The minimum Gasteiger partial charge on any atom is -0.486 e. The molecule has 1 unspecified atom stereocenters. The van der Waals surface area contributed by atoms with Crippen LogP contribution < -0.4 is 20.3 Å². The molecule has 9 heteroatoms. The first-order valence-electron chi connectivity index (χ1n) is 10.2. The van der Waals surface area contributed by atoms with E-state index in [0.717, 1.165) is 30.4 Å². The highest BCUT2D eigenvalue weighted by molar-refractivity contribution is 7.80. The Kier molecular flexibility index (Phi) is 6.71. The van der Waals surface area contributed by atoms with Gasteiger partial charge in [0.1, 0.15) is 13.2 Å². The van der Waals surface area contributed by atoms with E-state index < -0.39 is 0 Å². The highest BCUT2D eigenvalue weighted by Gasteiger charge is 2.22.